The summed E-state index contributed by atoms with van der Waals surface area (Å²) in [5, 5.41) is 0. The van der Waals surface area contributed by atoms with Gasteiger partial charge in [0.1, 0.15) is 5.75 Å². The predicted molar refractivity (Wildman–Crippen MR) is 79.4 cm³/mol. The molecule has 19 heavy (non-hydrogen) atoms. The number of likely N-dealkylation sites (tertiary alicyclic amines) is 1. The zero-order valence-corrected chi connectivity index (χ0v) is 12.2. The Labute approximate surface area is 116 Å². The van der Waals surface area contributed by atoms with Crippen molar-refractivity contribution in [1.29, 1.82) is 0 Å². The SMILES string of the molecule is COc1cc2c(cc1C)CC(C)C(N1CCCC1)=C2. The second-order valence-corrected chi connectivity index (χ2v) is 5.89. The van der Waals surface area contributed by atoms with E-state index in [4.69, 9.17) is 4.74 Å². The van der Waals surface area contributed by atoms with E-state index >= 15 is 0 Å². The molecule has 1 unspecified atom stereocenters. The fraction of sp³-hybridized carbons (Fsp3) is 0.529. The number of hydrogen-bond donors (Lipinski definition) is 0. The zero-order valence-electron chi connectivity index (χ0n) is 12.2. The fourth-order valence-corrected chi connectivity index (χ4v) is 3.41. The number of nitrogens with zero attached hydrogens (tertiary/aromatic N) is 1. The average molecular weight is 257 g/mol. The van der Waals surface area contributed by atoms with Crippen LogP contribution in [0, 0.1) is 12.8 Å². The van der Waals surface area contributed by atoms with E-state index in [0.717, 1.165) is 12.2 Å². The van der Waals surface area contributed by atoms with Gasteiger partial charge >= 0.3 is 0 Å². The molecule has 1 aromatic carbocycles. The second-order valence-electron chi connectivity index (χ2n) is 5.89. The number of fused-ring (bicyclic) bond motifs is 1. The van der Waals surface area contributed by atoms with Crippen molar-refractivity contribution in [3.8, 4) is 5.75 Å². The van der Waals surface area contributed by atoms with Gasteiger partial charge in [-0.15, -0.1) is 0 Å². The van der Waals surface area contributed by atoms with E-state index in [0.29, 0.717) is 5.92 Å². The van der Waals surface area contributed by atoms with Crippen LogP contribution in [0.2, 0.25) is 0 Å². The molecule has 0 N–H and O–H groups in total. The van der Waals surface area contributed by atoms with Crippen LogP contribution in [0.15, 0.2) is 17.8 Å². The number of benzene rings is 1. The summed E-state index contributed by atoms with van der Waals surface area (Å²) in [6.07, 6.45) is 6.22. The van der Waals surface area contributed by atoms with Crippen LogP contribution in [0.4, 0.5) is 0 Å². The van der Waals surface area contributed by atoms with Gasteiger partial charge in [-0.2, -0.15) is 0 Å². The second kappa shape index (κ2) is 4.92. The number of hydrogen-bond acceptors (Lipinski definition) is 2. The van der Waals surface area contributed by atoms with Crippen LogP contribution in [0.25, 0.3) is 6.08 Å². The van der Waals surface area contributed by atoms with Crippen LogP contribution in [0.5, 0.6) is 5.75 Å². The Kier molecular flexibility index (Phi) is 3.26. The van der Waals surface area contributed by atoms with Crippen LogP contribution < -0.4 is 4.74 Å². The van der Waals surface area contributed by atoms with Gasteiger partial charge in [0, 0.05) is 24.7 Å². The molecule has 102 valence electrons. The first-order valence-corrected chi connectivity index (χ1v) is 7.33. The maximum absolute atomic E-state index is 5.46. The molecule has 1 saturated heterocycles. The maximum Gasteiger partial charge on any atom is 0.122 e. The normalized spacial score (nSPS) is 22.2. The highest BCUT2D eigenvalue weighted by atomic mass is 16.5. The van der Waals surface area contributed by atoms with Crippen LogP contribution in [-0.4, -0.2) is 25.1 Å². The molecule has 0 radical (unpaired) electrons. The highest BCUT2D eigenvalue weighted by Gasteiger charge is 2.24. The van der Waals surface area contributed by atoms with Gasteiger partial charge in [0.25, 0.3) is 0 Å². The minimum absolute atomic E-state index is 0.637. The predicted octanol–water partition coefficient (Wildman–Crippen LogP) is 3.63. The largest absolute Gasteiger partial charge is 0.496 e. The van der Waals surface area contributed by atoms with Crippen molar-refractivity contribution in [3.63, 3.8) is 0 Å². The molecule has 1 atom stereocenters. The number of allylic oxidation sites excluding steroid dienone is 1. The molecule has 0 saturated carbocycles. The monoisotopic (exact) mass is 257 g/mol. The lowest BCUT2D eigenvalue weighted by atomic mass is 9.86. The maximum atomic E-state index is 5.46. The third-order valence-electron chi connectivity index (χ3n) is 4.46. The first-order valence-electron chi connectivity index (χ1n) is 7.33. The van der Waals surface area contributed by atoms with Gasteiger partial charge in [-0.05, 0) is 55.0 Å². The van der Waals surface area contributed by atoms with E-state index in [9.17, 15) is 0 Å². The summed E-state index contributed by atoms with van der Waals surface area (Å²) >= 11 is 0. The minimum atomic E-state index is 0.637. The third-order valence-corrected chi connectivity index (χ3v) is 4.46. The number of aryl methyl sites for hydroxylation is 1. The highest BCUT2D eigenvalue weighted by Crippen LogP contribution is 2.35. The molecule has 0 spiro atoms. The van der Waals surface area contributed by atoms with Gasteiger partial charge in [-0.3, -0.25) is 0 Å². The number of rotatable bonds is 2. The molecular weight excluding hydrogens is 234 g/mol. The molecule has 0 amide bonds. The first-order chi connectivity index (χ1) is 9.19. The summed E-state index contributed by atoms with van der Waals surface area (Å²) in [7, 11) is 1.76. The van der Waals surface area contributed by atoms with Gasteiger partial charge < -0.3 is 9.64 Å². The van der Waals surface area contributed by atoms with Gasteiger partial charge in [-0.1, -0.05) is 13.0 Å². The van der Waals surface area contributed by atoms with Gasteiger partial charge in [0.05, 0.1) is 7.11 Å². The summed E-state index contributed by atoms with van der Waals surface area (Å²) in [5.74, 6) is 1.64. The van der Waals surface area contributed by atoms with Crippen LogP contribution in [0.1, 0.15) is 36.5 Å². The van der Waals surface area contributed by atoms with E-state index in [1.807, 2.05) is 0 Å². The van der Waals surface area contributed by atoms with E-state index in [2.05, 4.69) is 37.0 Å². The van der Waals surface area contributed by atoms with Gasteiger partial charge in [-0.25, -0.2) is 0 Å². The van der Waals surface area contributed by atoms with Crippen molar-refractivity contribution >= 4 is 6.08 Å². The smallest absolute Gasteiger partial charge is 0.122 e. The Morgan fingerprint density at radius 1 is 1.21 bits per heavy atom. The lowest BCUT2D eigenvalue weighted by Crippen LogP contribution is -2.26. The van der Waals surface area contributed by atoms with E-state index in [-0.39, 0.29) is 0 Å². The summed E-state index contributed by atoms with van der Waals surface area (Å²) in [4.78, 5) is 2.57. The fourth-order valence-electron chi connectivity index (χ4n) is 3.41. The van der Waals surface area contributed by atoms with Crippen molar-refractivity contribution < 1.29 is 4.74 Å². The Hall–Kier alpha value is -1.44. The lowest BCUT2D eigenvalue weighted by Gasteiger charge is -2.31. The van der Waals surface area contributed by atoms with Gasteiger partial charge in [0.15, 0.2) is 0 Å². The van der Waals surface area contributed by atoms with Crippen molar-refractivity contribution in [2.45, 2.75) is 33.1 Å². The molecule has 2 nitrogen and oxygen atoms in total. The van der Waals surface area contributed by atoms with Crippen molar-refractivity contribution in [3.05, 3.63) is 34.5 Å². The topological polar surface area (TPSA) is 12.5 Å². The molecule has 2 heteroatoms. The Balaban J connectivity index is 2.00. The molecule has 0 aromatic heterocycles. The van der Waals surface area contributed by atoms with Gasteiger partial charge in [0.2, 0.25) is 0 Å². The standard InChI is InChI=1S/C17H23NO/c1-12-8-14-9-13(2)17(19-3)11-15(14)10-16(12)18-6-4-5-7-18/h9-12H,4-8H2,1-3H3. The third kappa shape index (κ3) is 2.24. The number of methoxy groups -OCH3 is 1. The summed E-state index contributed by atoms with van der Waals surface area (Å²) in [6.45, 7) is 6.94. The average Bonchev–Trinajstić information content (AvgIpc) is 2.91. The highest BCUT2D eigenvalue weighted by molar-refractivity contribution is 5.63. The molecule has 0 bridgehead atoms. The summed E-state index contributed by atoms with van der Waals surface area (Å²) < 4.78 is 5.46. The van der Waals surface area contributed by atoms with Crippen LogP contribution in [-0.2, 0) is 6.42 Å². The lowest BCUT2D eigenvalue weighted by molar-refractivity contribution is 0.370. The Morgan fingerprint density at radius 2 is 1.95 bits per heavy atom. The van der Waals surface area contributed by atoms with Crippen LogP contribution in [0.3, 0.4) is 0 Å². The molecule has 1 aliphatic carbocycles. The minimum Gasteiger partial charge on any atom is -0.496 e. The summed E-state index contributed by atoms with van der Waals surface area (Å²) in [5.41, 5.74) is 5.58. The molecule has 1 heterocycles. The van der Waals surface area contributed by atoms with Crippen LogP contribution >= 0.6 is 0 Å². The number of ether oxygens (including phenoxy) is 1. The summed E-state index contributed by atoms with van der Waals surface area (Å²) in [6, 6.07) is 4.49. The molecule has 2 aliphatic rings. The van der Waals surface area contributed by atoms with Crippen molar-refractivity contribution in [2.75, 3.05) is 20.2 Å². The Bertz CT molecular complexity index is 512. The molecule has 3 rings (SSSR count). The van der Waals surface area contributed by atoms with E-state index in [1.54, 1.807) is 7.11 Å². The molecule has 1 aliphatic heterocycles. The first kappa shape index (κ1) is 12.6. The quantitative estimate of drug-likeness (QED) is 0.802. The van der Waals surface area contributed by atoms with E-state index in [1.165, 1.54) is 48.3 Å². The van der Waals surface area contributed by atoms with E-state index < -0.39 is 0 Å². The molecule has 1 aromatic rings. The zero-order chi connectivity index (χ0) is 13.4. The molecule has 1 fully saturated rings. The molecular formula is C17H23NO. The van der Waals surface area contributed by atoms with Crippen molar-refractivity contribution in [1.82, 2.24) is 4.90 Å². The van der Waals surface area contributed by atoms with Crippen molar-refractivity contribution in [2.24, 2.45) is 5.92 Å². The Morgan fingerprint density at radius 3 is 2.63 bits per heavy atom.